The summed E-state index contributed by atoms with van der Waals surface area (Å²) in [4.78, 5) is 15.3. The average molecular weight is 315 g/mol. The van der Waals surface area contributed by atoms with E-state index in [2.05, 4.69) is 27.0 Å². The van der Waals surface area contributed by atoms with E-state index in [0.29, 0.717) is 5.56 Å². The van der Waals surface area contributed by atoms with E-state index < -0.39 is 0 Å². The van der Waals surface area contributed by atoms with Gasteiger partial charge in [-0.05, 0) is 23.8 Å². The molecule has 0 unspecified atom stereocenters. The van der Waals surface area contributed by atoms with Crippen LogP contribution >= 0.6 is 15.9 Å². The van der Waals surface area contributed by atoms with Crippen molar-refractivity contribution in [1.29, 1.82) is 0 Å². The second kappa shape index (κ2) is 4.97. The number of hydrogen-bond acceptors (Lipinski definition) is 2. The lowest BCUT2D eigenvalue weighted by Gasteiger charge is -2.04. The van der Waals surface area contributed by atoms with Gasteiger partial charge in [0.1, 0.15) is 5.82 Å². The topological polar surface area (TPSA) is 34.4 Å². The van der Waals surface area contributed by atoms with Gasteiger partial charge in [0.2, 0.25) is 0 Å². The predicted octanol–water partition coefficient (Wildman–Crippen LogP) is 3.50. The van der Waals surface area contributed by atoms with Gasteiger partial charge in [-0.2, -0.15) is 0 Å². The molecule has 0 spiro atoms. The third-order valence-electron chi connectivity index (χ3n) is 3.07. The molecule has 0 amide bonds. The van der Waals surface area contributed by atoms with Crippen molar-refractivity contribution in [2.75, 3.05) is 0 Å². The Morgan fingerprint density at radius 3 is 2.84 bits per heavy atom. The van der Waals surface area contributed by atoms with Gasteiger partial charge >= 0.3 is 0 Å². The monoisotopic (exact) mass is 314 g/mol. The van der Waals surface area contributed by atoms with Crippen LogP contribution in [0.15, 0.2) is 53.3 Å². The van der Waals surface area contributed by atoms with Crippen LogP contribution in [0.25, 0.3) is 5.52 Å². The van der Waals surface area contributed by atoms with Crippen LogP contribution in [0.2, 0.25) is 0 Å². The van der Waals surface area contributed by atoms with Crippen LogP contribution in [0.3, 0.4) is 0 Å². The fourth-order valence-corrected chi connectivity index (χ4v) is 2.50. The van der Waals surface area contributed by atoms with E-state index in [0.717, 1.165) is 28.5 Å². The van der Waals surface area contributed by atoms with Crippen LogP contribution in [0.5, 0.6) is 0 Å². The molecule has 0 fully saturated rings. The zero-order chi connectivity index (χ0) is 13.2. The highest BCUT2D eigenvalue weighted by Crippen LogP contribution is 2.20. The number of aldehydes is 1. The molecule has 0 bridgehead atoms. The first-order chi connectivity index (χ1) is 9.28. The second-order valence-electron chi connectivity index (χ2n) is 4.32. The number of halogens is 1. The Kier molecular flexibility index (Phi) is 3.17. The van der Waals surface area contributed by atoms with Gasteiger partial charge in [-0.15, -0.1) is 0 Å². The van der Waals surface area contributed by atoms with Crippen molar-refractivity contribution in [2.45, 2.75) is 6.42 Å². The van der Waals surface area contributed by atoms with E-state index in [-0.39, 0.29) is 0 Å². The fraction of sp³-hybridized carbons (Fsp3) is 0.0667. The normalized spacial score (nSPS) is 10.8. The first kappa shape index (κ1) is 12.1. The number of aromatic nitrogens is 2. The predicted molar refractivity (Wildman–Crippen MR) is 77.5 cm³/mol. The van der Waals surface area contributed by atoms with Gasteiger partial charge in [-0.1, -0.05) is 34.1 Å². The first-order valence-electron chi connectivity index (χ1n) is 5.92. The third kappa shape index (κ3) is 2.31. The summed E-state index contributed by atoms with van der Waals surface area (Å²) >= 11 is 3.54. The number of rotatable bonds is 3. The number of benzene rings is 1. The second-order valence-corrected chi connectivity index (χ2v) is 5.17. The highest BCUT2D eigenvalue weighted by atomic mass is 79.9. The van der Waals surface area contributed by atoms with Crippen LogP contribution in [-0.2, 0) is 6.42 Å². The smallest absolute Gasteiger partial charge is 0.151 e. The van der Waals surface area contributed by atoms with E-state index >= 15 is 0 Å². The highest BCUT2D eigenvalue weighted by Gasteiger charge is 2.07. The number of fused-ring (bicyclic) bond motifs is 1. The van der Waals surface area contributed by atoms with Gasteiger partial charge in [0.05, 0.1) is 11.7 Å². The van der Waals surface area contributed by atoms with Crippen LogP contribution in [-0.4, -0.2) is 15.7 Å². The zero-order valence-corrected chi connectivity index (χ0v) is 11.7. The number of carbonyl (C=O) groups excluding carboxylic acids is 1. The van der Waals surface area contributed by atoms with E-state index in [1.54, 1.807) is 6.07 Å². The molecule has 3 aromatic rings. The third-order valence-corrected chi connectivity index (χ3v) is 3.84. The maximum atomic E-state index is 10.9. The summed E-state index contributed by atoms with van der Waals surface area (Å²) < 4.78 is 3.03. The molecule has 4 heteroatoms. The standard InChI is InChI=1S/C15H11BrN2O/c16-14-4-2-1-3-12(14)7-15-17-8-13-6-5-11(10-19)9-18(13)15/h1-6,8-10H,7H2. The summed E-state index contributed by atoms with van der Waals surface area (Å²) in [6.45, 7) is 0. The summed E-state index contributed by atoms with van der Waals surface area (Å²) in [5.41, 5.74) is 2.82. The Hall–Kier alpha value is -1.94. The van der Waals surface area contributed by atoms with Crippen molar-refractivity contribution in [1.82, 2.24) is 9.38 Å². The van der Waals surface area contributed by atoms with Crippen molar-refractivity contribution >= 4 is 27.7 Å². The Balaban J connectivity index is 2.06. The maximum Gasteiger partial charge on any atom is 0.151 e. The number of nitrogens with zero attached hydrogens (tertiary/aromatic N) is 2. The fourth-order valence-electron chi connectivity index (χ4n) is 2.07. The van der Waals surface area contributed by atoms with E-state index in [1.807, 2.05) is 41.1 Å². The Bertz CT molecular complexity index is 749. The minimum absolute atomic E-state index is 0.652. The molecule has 19 heavy (non-hydrogen) atoms. The molecular weight excluding hydrogens is 304 g/mol. The lowest BCUT2D eigenvalue weighted by atomic mass is 10.1. The molecule has 0 aliphatic carbocycles. The molecule has 0 radical (unpaired) electrons. The molecule has 0 saturated heterocycles. The minimum Gasteiger partial charge on any atom is -0.303 e. The van der Waals surface area contributed by atoms with Crippen molar-refractivity contribution < 1.29 is 4.79 Å². The molecule has 0 N–H and O–H groups in total. The quantitative estimate of drug-likeness (QED) is 0.693. The molecule has 0 saturated carbocycles. The highest BCUT2D eigenvalue weighted by molar-refractivity contribution is 9.10. The van der Waals surface area contributed by atoms with Gasteiger partial charge in [-0.3, -0.25) is 4.79 Å². The van der Waals surface area contributed by atoms with Crippen molar-refractivity contribution in [3.05, 3.63) is 70.2 Å². The van der Waals surface area contributed by atoms with Crippen LogP contribution in [0.4, 0.5) is 0 Å². The van der Waals surface area contributed by atoms with Crippen LogP contribution in [0, 0.1) is 0 Å². The number of pyridine rings is 1. The number of imidazole rings is 1. The largest absolute Gasteiger partial charge is 0.303 e. The zero-order valence-electron chi connectivity index (χ0n) is 10.1. The summed E-state index contributed by atoms with van der Waals surface area (Å²) in [5.74, 6) is 0.922. The molecule has 1 aromatic carbocycles. The molecule has 3 rings (SSSR count). The SMILES string of the molecule is O=Cc1ccc2cnc(Cc3ccccc3Br)n2c1. The molecule has 0 aliphatic rings. The van der Waals surface area contributed by atoms with Gasteiger partial charge in [0, 0.05) is 22.7 Å². The van der Waals surface area contributed by atoms with Gasteiger partial charge in [0.25, 0.3) is 0 Å². The number of carbonyl (C=O) groups is 1. The molecule has 0 atom stereocenters. The minimum atomic E-state index is 0.652. The summed E-state index contributed by atoms with van der Waals surface area (Å²) in [5, 5.41) is 0. The van der Waals surface area contributed by atoms with Crippen molar-refractivity contribution in [3.8, 4) is 0 Å². The molecule has 2 heterocycles. The van der Waals surface area contributed by atoms with Gasteiger partial charge < -0.3 is 4.40 Å². The number of hydrogen-bond donors (Lipinski definition) is 0. The van der Waals surface area contributed by atoms with Gasteiger partial charge in [0.15, 0.2) is 6.29 Å². The van der Waals surface area contributed by atoms with E-state index in [1.165, 1.54) is 5.56 Å². The Labute approximate surface area is 119 Å². The lowest BCUT2D eigenvalue weighted by molar-refractivity contribution is 0.112. The molecular formula is C15H11BrN2O. The lowest BCUT2D eigenvalue weighted by Crippen LogP contribution is -1.98. The summed E-state index contributed by atoms with van der Waals surface area (Å²) in [6, 6.07) is 11.8. The first-order valence-corrected chi connectivity index (χ1v) is 6.72. The molecule has 3 nitrogen and oxygen atoms in total. The maximum absolute atomic E-state index is 10.9. The Morgan fingerprint density at radius 2 is 2.05 bits per heavy atom. The average Bonchev–Trinajstić information content (AvgIpc) is 2.84. The van der Waals surface area contributed by atoms with Crippen molar-refractivity contribution in [3.63, 3.8) is 0 Å². The van der Waals surface area contributed by atoms with Crippen LogP contribution < -0.4 is 0 Å². The van der Waals surface area contributed by atoms with Crippen LogP contribution in [0.1, 0.15) is 21.7 Å². The molecule has 94 valence electrons. The molecule has 0 aliphatic heterocycles. The van der Waals surface area contributed by atoms with Crippen molar-refractivity contribution in [2.24, 2.45) is 0 Å². The van der Waals surface area contributed by atoms with E-state index in [9.17, 15) is 4.79 Å². The Morgan fingerprint density at radius 1 is 1.21 bits per heavy atom. The summed E-state index contributed by atoms with van der Waals surface area (Å²) in [7, 11) is 0. The summed E-state index contributed by atoms with van der Waals surface area (Å²) in [6.07, 6.45) is 5.21. The van der Waals surface area contributed by atoms with E-state index in [4.69, 9.17) is 0 Å². The molecule has 2 aromatic heterocycles. The van der Waals surface area contributed by atoms with Gasteiger partial charge in [-0.25, -0.2) is 4.98 Å².